The van der Waals surface area contributed by atoms with E-state index in [1.165, 1.54) is 6.42 Å². The number of hydrogen-bond donors (Lipinski definition) is 0. The molecular formula is C14H23N2O2P. The highest BCUT2D eigenvalue weighted by molar-refractivity contribution is 7.55. The van der Waals surface area contributed by atoms with Crippen LogP contribution in [0.4, 0.5) is 0 Å². The van der Waals surface area contributed by atoms with Crippen LogP contribution in [0.3, 0.4) is 0 Å². The van der Waals surface area contributed by atoms with Crippen LogP contribution in [0.2, 0.25) is 0 Å². The summed E-state index contributed by atoms with van der Waals surface area (Å²) in [4.78, 5) is 4.18. The van der Waals surface area contributed by atoms with E-state index in [1.807, 2.05) is 19.2 Å². The Morgan fingerprint density at radius 2 is 2.37 bits per heavy atom. The van der Waals surface area contributed by atoms with Crippen LogP contribution in [0.25, 0.3) is 0 Å². The molecule has 0 bridgehead atoms. The van der Waals surface area contributed by atoms with E-state index in [2.05, 4.69) is 15.7 Å². The van der Waals surface area contributed by atoms with Crippen LogP contribution in [0.5, 0.6) is 0 Å². The highest BCUT2D eigenvalue weighted by atomic mass is 31.2. The van der Waals surface area contributed by atoms with E-state index in [0.29, 0.717) is 6.61 Å². The molecule has 5 heteroatoms. The molecule has 106 valence electrons. The van der Waals surface area contributed by atoms with E-state index in [1.54, 1.807) is 12.9 Å². The molecule has 2 unspecified atom stereocenters. The maximum Gasteiger partial charge on any atom is 0.269 e. The van der Waals surface area contributed by atoms with Crippen LogP contribution in [-0.2, 0) is 9.09 Å². The SMILES string of the molecule is CCCOP(C)(=O)N1CCCCC1c1cccnc1. The lowest BCUT2D eigenvalue weighted by Gasteiger charge is -2.38. The maximum atomic E-state index is 12.8. The predicted octanol–water partition coefficient (Wildman–Crippen LogP) is 3.86. The molecule has 2 rings (SSSR count). The molecule has 1 saturated heterocycles. The van der Waals surface area contributed by atoms with Gasteiger partial charge < -0.3 is 4.52 Å². The Hall–Kier alpha value is -0.700. The van der Waals surface area contributed by atoms with E-state index in [-0.39, 0.29) is 6.04 Å². The second-order valence-electron chi connectivity index (χ2n) is 5.10. The van der Waals surface area contributed by atoms with Gasteiger partial charge in [0.05, 0.1) is 6.61 Å². The van der Waals surface area contributed by atoms with Crippen LogP contribution in [0, 0.1) is 0 Å². The van der Waals surface area contributed by atoms with E-state index in [0.717, 1.165) is 31.4 Å². The minimum atomic E-state index is -2.70. The molecule has 4 nitrogen and oxygen atoms in total. The van der Waals surface area contributed by atoms with Crippen molar-refractivity contribution in [2.45, 2.75) is 38.6 Å². The van der Waals surface area contributed by atoms with Gasteiger partial charge in [0.2, 0.25) is 0 Å². The first kappa shape index (κ1) is 14.7. The standard InChI is InChI=1S/C14H23N2O2P/c1-3-11-18-19(2,17)16-10-5-4-8-14(16)13-7-6-9-15-12-13/h6-7,9,12,14H,3-5,8,10-11H2,1-2H3. The van der Waals surface area contributed by atoms with Crippen LogP contribution < -0.4 is 0 Å². The predicted molar refractivity (Wildman–Crippen MR) is 77.3 cm³/mol. The minimum absolute atomic E-state index is 0.176. The van der Waals surface area contributed by atoms with Crippen molar-refractivity contribution in [1.29, 1.82) is 0 Å². The van der Waals surface area contributed by atoms with E-state index in [4.69, 9.17) is 4.52 Å². The molecule has 0 aromatic carbocycles. The number of nitrogens with zero attached hydrogens (tertiary/aromatic N) is 2. The lowest BCUT2D eigenvalue weighted by atomic mass is 9.99. The summed E-state index contributed by atoms with van der Waals surface area (Å²) in [6.07, 6.45) is 7.83. The summed E-state index contributed by atoms with van der Waals surface area (Å²) in [5.41, 5.74) is 1.14. The zero-order valence-electron chi connectivity index (χ0n) is 11.8. The second kappa shape index (κ2) is 6.65. The molecule has 0 aliphatic carbocycles. The Morgan fingerprint density at radius 1 is 1.53 bits per heavy atom. The first-order valence-electron chi connectivity index (χ1n) is 7.04. The molecule has 0 spiro atoms. The maximum absolute atomic E-state index is 12.8. The van der Waals surface area contributed by atoms with Crippen molar-refractivity contribution in [2.75, 3.05) is 19.8 Å². The Balaban J connectivity index is 2.18. The lowest BCUT2D eigenvalue weighted by Crippen LogP contribution is -2.31. The van der Waals surface area contributed by atoms with Gasteiger partial charge in [-0.2, -0.15) is 0 Å². The van der Waals surface area contributed by atoms with Crippen molar-refractivity contribution in [2.24, 2.45) is 0 Å². The van der Waals surface area contributed by atoms with Crippen molar-refractivity contribution in [1.82, 2.24) is 9.65 Å². The third-order valence-corrected chi connectivity index (χ3v) is 5.62. The van der Waals surface area contributed by atoms with Gasteiger partial charge in [-0.1, -0.05) is 19.4 Å². The number of aromatic nitrogens is 1. The van der Waals surface area contributed by atoms with Crippen LogP contribution >= 0.6 is 7.52 Å². The van der Waals surface area contributed by atoms with Crippen molar-refractivity contribution in [3.05, 3.63) is 30.1 Å². The van der Waals surface area contributed by atoms with Gasteiger partial charge in [0.1, 0.15) is 0 Å². The number of rotatable bonds is 5. The molecule has 0 saturated carbocycles. The van der Waals surface area contributed by atoms with Gasteiger partial charge in [-0.15, -0.1) is 0 Å². The molecule has 1 aliphatic heterocycles. The molecule has 1 fully saturated rings. The fourth-order valence-electron chi connectivity index (χ4n) is 2.60. The van der Waals surface area contributed by atoms with Gasteiger partial charge in [-0.25, -0.2) is 4.67 Å². The molecule has 0 amide bonds. The zero-order valence-corrected chi connectivity index (χ0v) is 12.7. The third kappa shape index (κ3) is 3.65. The number of hydrogen-bond acceptors (Lipinski definition) is 3. The summed E-state index contributed by atoms with van der Waals surface area (Å²) in [6.45, 7) is 5.19. The molecule has 0 radical (unpaired) electrons. The normalized spacial score (nSPS) is 24.0. The van der Waals surface area contributed by atoms with Gasteiger partial charge in [-0.05, 0) is 30.9 Å². The molecule has 2 atom stereocenters. The number of pyridine rings is 1. The zero-order chi connectivity index (χ0) is 13.7. The molecule has 1 aliphatic rings. The highest BCUT2D eigenvalue weighted by Gasteiger charge is 2.35. The van der Waals surface area contributed by atoms with E-state index >= 15 is 0 Å². The summed E-state index contributed by atoms with van der Waals surface area (Å²) in [7, 11) is -2.70. The van der Waals surface area contributed by atoms with Gasteiger partial charge >= 0.3 is 0 Å². The van der Waals surface area contributed by atoms with Gasteiger partial charge in [-0.3, -0.25) is 9.55 Å². The molecular weight excluding hydrogens is 259 g/mol. The molecule has 1 aromatic heterocycles. The lowest BCUT2D eigenvalue weighted by molar-refractivity contribution is 0.199. The fraction of sp³-hybridized carbons (Fsp3) is 0.643. The first-order chi connectivity index (χ1) is 9.15. The Morgan fingerprint density at radius 3 is 3.05 bits per heavy atom. The Labute approximate surface area is 115 Å². The molecule has 0 N–H and O–H groups in total. The number of piperidine rings is 1. The van der Waals surface area contributed by atoms with Crippen LogP contribution in [0.1, 0.15) is 44.2 Å². The summed E-state index contributed by atoms with van der Waals surface area (Å²) < 4.78 is 20.5. The summed E-state index contributed by atoms with van der Waals surface area (Å²) in [6, 6.07) is 4.18. The van der Waals surface area contributed by atoms with Crippen molar-refractivity contribution < 1.29 is 9.09 Å². The monoisotopic (exact) mass is 282 g/mol. The van der Waals surface area contributed by atoms with E-state index in [9.17, 15) is 4.57 Å². The topological polar surface area (TPSA) is 42.4 Å². The van der Waals surface area contributed by atoms with Crippen molar-refractivity contribution in [3.63, 3.8) is 0 Å². The molecule has 1 aromatic rings. The minimum Gasteiger partial charge on any atom is -0.318 e. The van der Waals surface area contributed by atoms with Crippen molar-refractivity contribution in [3.8, 4) is 0 Å². The van der Waals surface area contributed by atoms with Crippen LogP contribution in [-0.4, -0.2) is 29.5 Å². The third-order valence-electron chi connectivity index (χ3n) is 3.55. The average Bonchev–Trinajstić information content (AvgIpc) is 2.46. The average molecular weight is 282 g/mol. The fourth-order valence-corrected chi connectivity index (χ4v) is 4.53. The Bertz CT molecular complexity index is 438. The summed E-state index contributed by atoms with van der Waals surface area (Å²) >= 11 is 0. The first-order valence-corrected chi connectivity index (χ1v) is 9.06. The van der Waals surface area contributed by atoms with E-state index < -0.39 is 7.52 Å². The largest absolute Gasteiger partial charge is 0.318 e. The van der Waals surface area contributed by atoms with Crippen LogP contribution in [0.15, 0.2) is 24.5 Å². The quantitative estimate of drug-likeness (QED) is 0.769. The smallest absolute Gasteiger partial charge is 0.269 e. The van der Waals surface area contributed by atoms with Gasteiger partial charge in [0, 0.05) is 31.6 Å². The van der Waals surface area contributed by atoms with Crippen molar-refractivity contribution >= 4 is 7.52 Å². The van der Waals surface area contributed by atoms with Gasteiger partial charge in [0.15, 0.2) is 0 Å². The summed E-state index contributed by atoms with van der Waals surface area (Å²) in [5, 5.41) is 0. The second-order valence-corrected chi connectivity index (χ2v) is 7.48. The highest BCUT2D eigenvalue weighted by Crippen LogP contribution is 2.54. The van der Waals surface area contributed by atoms with Gasteiger partial charge in [0.25, 0.3) is 7.52 Å². The molecule has 19 heavy (non-hydrogen) atoms. The Kier molecular flexibility index (Phi) is 5.14. The molecule has 2 heterocycles. The summed E-state index contributed by atoms with van der Waals surface area (Å²) in [5.74, 6) is 0.